The number of hydrogen-bond donors (Lipinski definition) is 2. The molecule has 0 radical (unpaired) electrons. The molecule has 0 aliphatic carbocycles. The lowest BCUT2D eigenvalue weighted by Crippen LogP contribution is -2.45. The highest BCUT2D eigenvalue weighted by Gasteiger charge is 2.41. The summed E-state index contributed by atoms with van der Waals surface area (Å²) in [6.45, 7) is 3.38. The van der Waals surface area contributed by atoms with Gasteiger partial charge in [0.25, 0.3) is 0 Å². The van der Waals surface area contributed by atoms with Crippen LogP contribution in [0.4, 0.5) is 5.69 Å². The molecule has 2 amide bonds. The molecule has 8 heteroatoms. The van der Waals surface area contributed by atoms with Gasteiger partial charge in [0.1, 0.15) is 6.04 Å². The van der Waals surface area contributed by atoms with Crippen molar-refractivity contribution in [3.05, 3.63) is 48.3 Å². The molecule has 0 saturated carbocycles. The van der Waals surface area contributed by atoms with Crippen LogP contribution in [0.5, 0.6) is 0 Å². The summed E-state index contributed by atoms with van der Waals surface area (Å²) in [4.78, 5) is 27.6. The van der Waals surface area contributed by atoms with Crippen LogP contribution in [0.25, 0.3) is 0 Å². The maximum atomic E-state index is 12.9. The Hall–Kier alpha value is -2.38. The van der Waals surface area contributed by atoms with Gasteiger partial charge < -0.3 is 15.5 Å². The summed E-state index contributed by atoms with van der Waals surface area (Å²) in [5.74, 6) is -0.207. The van der Waals surface area contributed by atoms with E-state index in [0.29, 0.717) is 13.0 Å². The van der Waals surface area contributed by atoms with Crippen molar-refractivity contribution in [2.75, 3.05) is 18.0 Å². The molecule has 0 spiro atoms. The summed E-state index contributed by atoms with van der Waals surface area (Å²) in [6.07, 6.45) is 4.40. The van der Waals surface area contributed by atoms with E-state index >= 15 is 0 Å². The van der Waals surface area contributed by atoms with Gasteiger partial charge in [-0.15, -0.1) is 12.4 Å². The van der Waals surface area contributed by atoms with Crippen LogP contribution in [0.15, 0.2) is 42.7 Å². The first-order valence-electron chi connectivity index (χ1n) is 9.42. The lowest BCUT2D eigenvalue weighted by Gasteiger charge is -2.22. The number of para-hydroxylation sites is 1. The number of halogens is 1. The van der Waals surface area contributed by atoms with Gasteiger partial charge in [-0.25, -0.2) is 0 Å². The fourth-order valence-corrected chi connectivity index (χ4v) is 4.24. The predicted molar refractivity (Wildman–Crippen MR) is 109 cm³/mol. The van der Waals surface area contributed by atoms with Crippen LogP contribution in [0.1, 0.15) is 24.8 Å². The van der Waals surface area contributed by atoms with E-state index < -0.39 is 6.04 Å². The topological polar surface area (TPSA) is 79.3 Å². The molecule has 2 saturated heterocycles. The van der Waals surface area contributed by atoms with Crippen LogP contribution < -0.4 is 15.5 Å². The number of anilines is 1. The molecule has 28 heavy (non-hydrogen) atoms. The Balaban J connectivity index is 0.00000225. The summed E-state index contributed by atoms with van der Waals surface area (Å²) >= 11 is 0. The number of aromatic nitrogens is 2. The van der Waals surface area contributed by atoms with E-state index in [9.17, 15) is 9.59 Å². The van der Waals surface area contributed by atoms with Crippen molar-refractivity contribution >= 4 is 29.9 Å². The third kappa shape index (κ3) is 3.77. The van der Waals surface area contributed by atoms with Crippen molar-refractivity contribution in [2.45, 2.75) is 31.3 Å². The van der Waals surface area contributed by atoms with E-state index in [4.69, 9.17) is 0 Å². The monoisotopic (exact) mass is 403 g/mol. The number of nitrogens with zero attached hydrogens (tertiary/aromatic N) is 3. The predicted octanol–water partition coefficient (Wildman–Crippen LogP) is 1.46. The molecule has 7 nitrogen and oxygen atoms in total. The van der Waals surface area contributed by atoms with Gasteiger partial charge >= 0.3 is 0 Å². The molecular formula is C20H26ClN5O2. The van der Waals surface area contributed by atoms with Crippen molar-refractivity contribution in [3.8, 4) is 0 Å². The van der Waals surface area contributed by atoms with Crippen molar-refractivity contribution in [1.29, 1.82) is 0 Å². The average molecular weight is 404 g/mol. The standard InChI is InChI=1S/C20H25N5O2.ClH/c1-13-8-18(20(27)25(13)15-6-4-3-5-7-15)23-19(26)17-11-21-10-16(17)14-9-22-24(2)12-14;/h3-7,9,12-13,16-18,21H,8,10-11H2,1-2H3,(H,23,26);1H/t13?,16-,17+,18?;/m1./s1. The van der Waals surface area contributed by atoms with Crippen molar-refractivity contribution in [2.24, 2.45) is 13.0 Å². The molecule has 2 aromatic rings. The van der Waals surface area contributed by atoms with Crippen molar-refractivity contribution in [1.82, 2.24) is 20.4 Å². The Bertz CT molecular complexity index is 840. The van der Waals surface area contributed by atoms with E-state index in [2.05, 4.69) is 15.7 Å². The third-order valence-corrected chi connectivity index (χ3v) is 5.61. The molecular weight excluding hydrogens is 378 g/mol. The van der Waals surface area contributed by atoms with Gasteiger partial charge in [-0.05, 0) is 31.0 Å². The molecule has 4 atom stereocenters. The second kappa shape index (κ2) is 8.32. The number of benzene rings is 1. The van der Waals surface area contributed by atoms with E-state index in [-0.39, 0.29) is 42.1 Å². The highest BCUT2D eigenvalue weighted by molar-refractivity contribution is 6.02. The van der Waals surface area contributed by atoms with Crippen LogP contribution in [0.3, 0.4) is 0 Å². The summed E-state index contributed by atoms with van der Waals surface area (Å²) < 4.78 is 1.75. The van der Waals surface area contributed by atoms with E-state index in [1.54, 1.807) is 9.58 Å². The number of rotatable bonds is 4. The van der Waals surface area contributed by atoms with Crippen LogP contribution in [0.2, 0.25) is 0 Å². The normalized spacial score (nSPS) is 26.9. The van der Waals surface area contributed by atoms with Gasteiger partial charge in [-0.1, -0.05) is 18.2 Å². The Kier molecular flexibility index (Phi) is 6.05. The van der Waals surface area contributed by atoms with Crippen molar-refractivity contribution in [3.63, 3.8) is 0 Å². The van der Waals surface area contributed by atoms with Crippen molar-refractivity contribution < 1.29 is 9.59 Å². The zero-order chi connectivity index (χ0) is 19.0. The maximum Gasteiger partial charge on any atom is 0.249 e. The zero-order valence-electron chi connectivity index (χ0n) is 16.0. The molecule has 1 aromatic heterocycles. The van der Waals surface area contributed by atoms with E-state index in [1.807, 2.05) is 56.7 Å². The van der Waals surface area contributed by atoms with Crippen LogP contribution >= 0.6 is 12.4 Å². The first-order valence-corrected chi connectivity index (χ1v) is 9.42. The molecule has 4 rings (SSSR count). The largest absolute Gasteiger partial charge is 0.344 e. The van der Waals surface area contributed by atoms with Crippen LogP contribution in [0, 0.1) is 5.92 Å². The van der Waals surface area contributed by atoms with Gasteiger partial charge in [-0.2, -0.15) is 5.10 Å². The molecule has 2 unspecified atom stereocenters. The number of nitrogens with one attached hydrogen (secondary N) is 2. The van der Waals surface area contributed by atoms with E-state index in [0.717, 1.165) is 17.8 Å². The highest BCUT2D eigenvalue weighted by atomic mass is 35.5. The number of carbonyl (C=O) groups excluding carboxylic acids is 2. The SMILES string of the molecule is CC1CC(NC(=O)[C@H]2CNC[C@@H]2c2cnn(C)c2)C(=O)N1c1ccccc1.Cl. The Morgan fingerprint density at radius 1 is 1.25 bits per heavy atom. The highest BCUT2D eigenvalue weighted by Crippen LogP contribution is 2.30. The zero-order valence-corrected chi connectivity index (χ0v) is 16.9. The van der Waals surface area contributed by atoms with Crippen LogP contribution in [-0.2, 0) is 16.6 Å². The number of aryl methyl sites for hydroxylation is 1. The summed E-state index contributed by atoms with van der Waals surface area (Å²) in [7, 11) is 1.87. The number of carbonyl (C=O) groups is 2. The Morgan fingerprint density at radius 3 is 2.68 bits per heavy atom. The molecule has 150 valence electrons. The Morgan fingerprint density at radius 2 is 2.00 bits per heavy atom. The van der Waals surface area contributed by atoms with Gasteiger partial charge in [0.05, 0.1) is 12.1 Å². The first-order chi connectivity index (χ1) is 13.0. The molecule has 1 aromatic carbocycles. The fraction of sp³-hybridized carbons (Fsp3) is 0.450. The molecule has 2 N–H and O–H groups in total. The summed E-state index contributed by atoms with van der Waals surface area (Å²) in [5, 5.41) is 10.5. The minimum absolute atomic E-state index is 0. The smallest absolute Gasteiger partial charge is 0.249 e. The molecule has 2 aliphatic heterocycles. The summed E-state index contributed by atoms with van der Waals surface area (Å²) in [5.41, 5.74) is 1.93. The lowest BCUT2D eigenvalue weighted by molar-refractivity contribution is -0.129. The van der Waals surface area contributed by atoms with Crippen LogP contribution in [-0.4, -0.2) is 46.8 Å². The molecule has 2 aliphatic rings. The summed E-state index contributed by atoms with van der Waals surface area (Å²) in [6, 6.07) is 9.22. The third-order valence-electron chi connectivity index (χ3n) is 5.61. The van der Waals surface area contributed by atoms with Gasteiger partial charge in [0.15, 0.2) is 0 Å². The second-order valence-corrected chi connectivity index (χ2v) is 7.51. The maximum absolute atomic E-state index is 12.9. The van der Waals surface area contributed by atoms with Gasteiger partial charge in [-0.3, -0.25) is 14.3 Å². The molecule has 3 heterocycles. The minimum atomic E-state index is -0.470. The Labute approximate surface area is 170 Å². The van der Waals surface area contributed by atoms with Gasteiger partial charge in [0.2, 0.25) is 11.8 Å². The number of amides is 2. The molecule has 2 fully saturated rings. The number of hydrogen-bond acceptors (Lipinski definition) is 4. The van der Waals surface area contributed by atoms with E-state index in [1.165, 1.54) is 0 Å². The van der Waals surface area contributed by atoms with Gasteiger partial charge in [0, 0.05) is 44.0 Å². The first kappa shape index (κ1) is 20.4. The quantitative estimate of drug-likeness (QED) is 0.810. The molecule has 0 bridgehead atoms. The minimum Gasteiger partial charge on any atom is -0.344 e. The second-order valence-electron chi connectivity index (χ2n) is 7.51. The average Bonchev–Trinajstić information content (AvgIpc) is 3.36. The fourth-order valence-electron chi connectivity index (χ4n) is 4.24. The lowest BCUT2D eigenvalue weighted by atomic mass is 9.90.